The van der Waals surface area contributed by atoms with Crippen LogP contribution >= 0.6 is 0 Å². The maximum Gasteiger partial charge on any atom is 0.239 e. The fourth-order valence-corrected chi connectivity index (χ4v) is 2.77. The van der Waals surface area contributed by atoms with E-state index in [0.29, 0.717) is 12.5 Å². The van der Waals surface area contributed by atoms with Crippen LogP contribution in [-0.4, -0.2) is 58.6 Å². The van der Waals surface area contributed by atoms with Crippen LogP contribution in [0.1, 0.15) is 34.1 Å². The zero-order valence-electron chi connectivity index (χ0n) is 11.0. The molecule has 1 heterocycles. The van der Waals surface area contributed by atoms with Gasteiger partial charge in [0.1, 0.15) is 0 Å². The van der Waals surface area contributed by atoms with Crippen LogP contribution in [0.3, 0.4) is 0 Å². The smallest absolute Gasteiger partial charge is 0.239 e. The summed E-state index contributed by atoms with van der Waals surface area (Å²) in [7, 11) is 1.84. The molecule has 0 aliphatic carbocycles. The van der Waals surface area contributed by atoms with Gasteiger partial charge in [0.25, 0.3) is 0 Å². The first kappa shape index (κ1) is 13.5. The van der Waals surface area contributed by atoms with Gasteiger partial charge in [-0.15, -0.1) is 0 Å². The number of rotatable bonds is 2. The fraction of sp³-hybridized carbons (Fsp3) is 0.917. The molecule has 1 saturated heterocycles. The number of carbonyl (C=O) groups is 1. The van der Waals surface area contributed by atoms with Crippen molar-refractivity contribution in [2.24, 2.45) is 0 Å². The van der Waals surface area contributed by atoms with E-state index in [-0.39, 0.29) is 24.1 Å². The standard InChI is InChI=1S/C12H24N2O2/c1-9-8-13(5)11(16)10(6-7-15)14(9)12(2,3)4/h9-10,15H,6-8H2,1-5H3. The van der Waals surface area contributed by atoms with E-state index in [1.165, 1.54) is 0 Å². The van der Waals surface area contributed by atoms with Gasteiger partial charge in [-0.25, -0.2) is 0 Å². The van der Waals surface area contributed by atoms with Gasteiger partial charge in [-0.3, -0.25) is 9.69 Å². The van der Waals surface area contributed by atoms with Crippen molar-refractivity contribution < 1.29 is 9.90 Å². The Morgan fingerprint density at radius 1 is 1.44 bits per heavy atom. The summed E-state index contributed by atoms with van der Waals surface area (Å²) in [6.07, 6.45) is 0.519. The summed E-state index contributed by atoms with van der Waals surface area (Å²) in [6.45, 7) is 9.31. The zero-order valence-corrected chi connectivity index (χ0v) is 11.0. The normalized spacial score (nSPS) is 28.6. The van der Waals surface area contributed by atoms with Gasteiger partial charge in [0, 0.05) is 31.8 Å². The summed E-state index contributed by atoms with van der Waals surface area (Å²) in [5, 5.41) is 9.09. The molecule has 0 radical (unpaired) electrons. The van der Waals surface area contributed by atoms with Crippen LogP contribution in [0.15, 0.2) is 0 Å². The topological polar surface area (TPSA) is 43.8 Å². The predicted octanol–water partition coefficient (Wildman–Crippen LogP) is 0.698. The third kappa shape index (κ3) is 2.55. The number of amides is 1. The molecule has 1 rings (SSSR count). The summed E-state index contributed by atoms with van der Waals surface area (Å²) < 4.78 is 0. The van der Waals surface area contributed by atoms with E-state index in [1.807, 2.05) is 7.05 Å². The molecule has 4 heteroatoms. The van der Waals surface area contributed by atoms with Gasteiger partial charge in [0.2, 0.25) is 5.91 Å². The lowest BCUT2D eigenvalue weighted by Gasteiger charge is -2.50. The van der Waals surface area contributed by atoms with Gasteiger partial charge < -0.3 is 10.0 Å². The number of aliphatic hydroxyl groups is 1. The highest BCUT2D eigenvalue weighted by molar-refractivity contribution is 5.82. The molecule has 2 atom stereocenters. The number of hydrogen-bond donors (Lipinski definition) is 1. The molecule has 1 N–H and O–H groups in total. The van der Waals surface area contributed by atoms with Crippen LogP contribution in [0.5, 0.6) is 0 Å². The minimum absolute atomic E-state index is 0.0455. The summed E-state index contributed by atoms with van der Waals surface area (Å²) in [6, 6.07) is 0.151. The van der Waals surface area contributed by atoms with Gasteiger partial charge in [0.05, 0.1) is 6.04 Å². The van der Waals surface area contributed by atoms with Crippen LogP contribution in [-0.2, 0) is 4.79 Å². The Hall–Kier alpha value is -0.610. The monoisotopic (exact) mass is 228 g/mol. The van der Waals surface area contributed by atoms with E-state index in [2.05, 4.69) is 32.6 Å². The average molecular weight is 228 g/mol. The molecule has 0 saturated carbocycles. The molecule has 1 amide bonds. The summed E-state index contributed by atoms with van der Waals surface area (Å²) >= 11 is 0. The first-order chi connectivity index (χ1) is 7.29. The molecule has 0 aromatic rings. The van der Waals surface area contributed by atoms with Crippen LogP contribution < -0.4 is 0 Å². The maximum atomic E-state index is 12.1. The van der Waals surface area contributed by atoms with Crippen molar-refractivity contribution in [1.82, 2.24) is 9.80 Å². The van der Waals surface area contributed by atoms with Crippen LogP contribution in [0.25, 0.3) is 0 Å². The Kier molecular flexibility index (Phi) is 3.97. The van der Waals surface area contributed by atoms with E-state index < -0.39 is 0 Å². The molecule has 0 aromatic carbocycles. The molecule has 0 bridgehead atoms. The fourth-order valence-electron chi connectivity index (χ4n) is 2.77. The number of piperazine rings is 1. The molecular formula is C12H24N2O2. The van der Waals surface area contributed by atoms with Gasteiger partial charge in [0.15, 0.2) is 0 Å². The van der Waals surface area contributed by atoms with Crippen LogP contribution in [0.2, 0.25) is 0 Å². The highest BCUT2D eigenvalue weighted by Crippen LogP contribution is 2.27. The van der Waals surface area contributed by atoms with Crippen molar-refractivity contribution in [3.63, 3.8) is 0 Å². The number of hydrogen-bond acceptors (Lipinski definition) is 3. The first-order valence-electron chi connectivity index (χ1n) is 5.93. The molecule has 94 valence electrons. The first-order valence-corrected chi connectivity index (χ1v) is 5.93. The molecule has 2 unspecified atom stereocenters. The highest BCUT2D eigenvalue weighted by Gasteiger charge is 2.41. The SMILES string of the molecule is CC1CN(C)C(=O)C(CCO)N1C(C)(C)C. The second-order valence-electron chi connectivity index (χ2n) is 5.67. The molecule has 16 heavy (non-hydrogen) atoms. The Morgan fingerprint density at radius 2 is 2.00 bits per heavy atom. The van der Waals surface area contributed by atoms with Gasteiger partial charge in [-0.1, -0.05) is 0 Å². The van der Waals surface area contributed by atoms with Crippen molar-refractivity contribution in [1.29, 1.82) is 0 Å². The van der Waals surface area contributed by atoms with Crippen LogP contribution in [0.4, 0.5) is 0 Å². The van der Waals surface area contributed by atoms with Crippen molar-refractivity contribution in [2.75, 3.05) is 20.2 Å². The Morgan fingerprint density at radius 3 is 2.44 bits per heavy atom. The summed E-state index contributed by atoms with van der Waals surface area (Å²) in [5.41, 5.74) is -0.0455. The molecule has 0 aromatic heterocycles. The lowest BCUT2D eigenvalue weighted by Crippen LogP contribution is -2.65. The molecule has 1 fully saturated rings. The van der Waals surface area contributed by atoms with Crippen LogP contribution in [0, 0.1) is 0 Å². The van der Waals surface area contributed by atoms with E-state index in [9.17, 15) is 4.79 Å². The Bertz CT molecular complexity index is 260. The average Bonchev–Trinajstić information content (AvgIpc) is 2.11. The van der Waals surface area contributed by atoms with E-state index >= 15 is 0 Å². The van der Waals surface area contributed by atoms with E-state index in [4.69, 9.17) is 5.11 Å². The van der Waals surface area contributed by atoms with Gasteiger partial charge >= 0.3 is 0 Å². The second-order valence-corrected chi connectivity index (χ2v) is 5.67. The van der Waals surface area contributed by atoms with E-state index in [1.54, 1.807) is 4.90 Å². The lowest BCUT2D eigenvalue weighted by molar-refractivity contribution is -0.148. The minimum Gasteiger partial charge on any atom is -0.396 e. The van der Waals surface area contributed by atoms with Crippen molar-refractivity contribution in [3.05, 3.63) is 0 Å². The number of carbonyl (C=O) groups excluding carboxylic acids is 1. The van der Waals surface area contributed by atoms with Crippen molar-refractivity contribution in [2.45, 2.75) is 51.7 Å². The lowest BCUT2D eigenvalue weighted by atomic mass is 9.94. The molecular weight excluding hydrogens is 204 g/mol. The maximum absolute atomic E-state index is 12.1. The quantitative estimate of drug-likeness (QED) is 0.756. The Labute approximate surface area is 98.2 Å². The molecule has 4 nitrogen and oxygen atoms in total. The number of nitrogens with zero attached hydrogens (tertiary/aromatic N) is 2. The highest BCUT2D eigenvalue weighted by atomic mass is 16.3. The third-order valence-corrected chi connectivity index (χ3v) is 3.19. The summed E-state index contributed by atoms with van der Waals surface area (Å²) in [5.74, 6) is 0.127. The Balaban J connectivity index is 2.96. The predicted molar refractivity (Wildman–Crippen MR) is 64.2 cm³/mol. The van der Waals surface area contributed by atoms with Gasteiger partial charge in [-0.2, -0.15) is 0 Å². The molecule has 1 aliphatic heterocycles. The summed E-state index contributed by atoms with van der Waals surface area (Å²) in [4.78, 5) is 16.1. The third-order valence-electron chi connectivity index (χ3n) is 3.19. The zero-order chi connectivity index (χ0) is 12.5. The van der Waals surface area contributed by atoms with E-state index in [0.717, 1.165) is 6.54 Å². The largest absolute Gasteiger partial charge is 0.396 e. The second kappa shape index (κ2) is 4.72. The molecule has 1 aliphatic rings. The number of aliphatic hydroxyl groups excluding tert-OH is 1. The van der Waals surface area contributed by atoms with Crippen molar-refractivity contribution in [3.8, 4) is 0 Å². The molecule has 0 spiro atoms. The minimum atomic E-state index is -0.182. The van der Waals surface area contributed by atoms with Gasteiger partial charge in [-0.05, 0) is 34.1 Å². The number of likely N-dealkylation sites (N-methyl/N-ethyl adjacent to an activating group) is 1. The van der Waals surface area contributed by atoms with Crippen molar-refractivity contribution >= 4 is 5.91 Å².